The van der Waals surface area contributed by atoms with Gasteiger partial charge in [0.1, 0.15) is 47.1 Å². The number of ether oxygens (including phenoxy) is 5. The summed E-state index contributed by atoms with van der Waals surface area (Å²) >= 11 is 0. The van der Waals surface area contributed by atoms with Crippen LogP contribution in [-0.4, -0.2) is 82.3 Å². The molecule has 0 radical (unpaired) electrons. The van der Waals surface area contributed by atoms with Crippen LogP contribution in [-0.2, 0) is 59.1 Å². The van der Waals surface area contributed by atoms with Gasteiger partial charge < -0.3 is 39.6 Å². The molecule has 0 bridgehead atoms. The van der Waals surface area contributed by atoms with E-state index >= 15 is 0 Å². The van der Waals surface area contributed by atoms with Crippen LogP contribution in [0.25, 0.3) is 0 Å². The molecule has 1 aromatic carbocycles. The fourth-order valence-corrected chi connectivity index (χ4v) is 4.51. The lowest BCUT2D eigenvalue weighted by molar-refractivity contribution is -0.161. The van der Waals surface area contributed by atoms with E-state index in [0.29, 0.717) is 0 Å². The van der Waals surface area contributed by atoms with Gasteiger partial charge in [-0.2, -0.15) is 0 Å². The topological polar surface area (TPSA) is 202 Å². The first-order valence-corrected chi connectivity index (χ1v) is 18.1. The predicted molar refractivity (Wildman–Crippen MR) is 198 cm³/mol. The Kier molecular flexibility index (Phi) is 18.1. The summed E-state index contributed by atoms with van der Waals surface area (Å²) in [6.07, 6.45) is -2.28. The summed E-state index contributed by atoms with van der Waals surface area (Å²) in [6, 6.07) is 5.14. The third kappa shape index (κ3) is 22.4. The lowest BCUT2D eigenvalue weighted by Crippen LogP contribution is -2.48. The molecule has 0 heterocycles. The summed E-state index contributed by atoms with van der Waals surface area (Å²) in [7, 11) is 0. The summed E-state index contributed by atoms with van der Waals surface area (Å²) in [6.45, 7) is 19.9. The van der Waals surface area contributed by atoms with E-state index in [1.807, 2.05) is 6.07 Å². The molecule has 304 valence electrons. The highest BCUT2D eigenvalue weighted by Gasteiger charge is 2.32. The number of alkyl carbamates (subject to hydrolysis) is 1. The average Bonchev–Trinajstić information content (AvgIpc) is 2.99. The minimum absolute atomic E-state index is 0.0540. The van der Waals surface area contributed by atoms with Crippen LogP contribution in [0.5, 0.6) is 0 Å². The van der Waals surface area contributed by atoms with Crippen molar-refractivity contribution >= 4 is 41.8 Å². The predicted octanol–water partition coefficient (Wildman–Crippen LogP) is 4.96. The smallest absolute Gasteiger partial charge is 0.408 e. The lowest BCUT2D eigenvalue weighted by Gasteiger charge is -2.26. The first kappa shape index (κ1) is 47.3. The molecule has 15 heteroatoms. The maximum atomic E-state index is 13.2. The minimum atomic E-state index is -1.30. The molecule has 3 atom stereocenters. The van der Waals surface area contributed by atoms with E-state index in [2.05, 4.69) is 16.0 Å². The molecule has 0 fully saturated rings. The molecule has 3 N–H and O–H groups in total. The van der Waals surface area contributed by atoms with E-state index in [0.717, 1.165) is 5.56 Å². The number of benzene rings is 1. The second-order valence-electron chi connectivity index (χ2n) is 16.8. The van der Waals surface area contributed by atoms with Crippen molar-refractivity contribution in [2.24, 2.45) is 0 Å². The van der Waals surface area contributed by atoms with Gasteiger partial charge in [-0.3, -0.25) is 14.4 Å². The Bertz CT molecular complexity index is 1430. The summed E-state index contributed by atoms with van der Waals surface area (Å²) in [5, 5.41) is 7.59. The maximum Gasteiger partial charge on any atom is 0.408 e. The quantitative estimate of drug-likeness (QED) is 0.143. The highest BCUT2D eigenvalue weighted by molar-refractivity contribution is 5.88. The van der Waals surface area contributed by atoms with E-state index in [4.69, 9.17) is 23.7 Å². The second kappa shape index (κ2) is 20.7. The number of hydrogen-bond acceptors (Lipinski definition) is 12. The van der Waals surface area contributed by atoms with Crippen LogP contribution in [0.4, 0.5) is 4.79 Å². The first-order chi connectivity index (χ1) is 24.6. The van der Waals surface area contributed by atoms with Crippen molar-refractivity contribution in [2.45, 2.75) is 169 Å². The van der Waals surface area contributed by atoms with Gasteiger partial charge in [-0.25, -0.2) is 19.2 Å². The van der Waals surface area contributed by atoms with Crippen LogP contribution in [0.15, 0.2) is 30.3 Å². The zero-order chi connectivity index (χ0) is 41.5. The standard InChI is InChI=1S/C39H61N3O12/c1-36(2,3)51-31(45)23-20-27(33(47)53-38(7,8)9)41-29(43)21-18-26(32(46)52-37(4,5)6)40-30(44)22-19-28(34(48)54-39(10,11)12)42-35(49)50-24-25-16-14-13-15-17-25/h13-17,26-28H,18-24H2,1-12H3,(H,40,44)(H,41,43)(H,42,49)/t26-,27-,28-/m0/s1. The van der Waals surface area contributed by atoms with Gasteiger partial charge in [0.05, 0.1) is 0 Å². The Morgan fingerprint density at radius 1 is 0.500 bits per heavy atom. The van der Waals surface area contributed by atoms with Crippen LogP contribution in [0.1, 0.15) is 127 Å². The fraction of sp³-hybridized carbons (Fsp3) is 0.667. The van der Waals surface area contributed by atoms with Crippen molar-refractivity contribution in [1.82, 2.24) is 16.0 Å². The zero-order valence-corrected chi connectivity index (χ0v) is 34.0. The lowest BCUT2D eigenvalue weighted by atomic mass is 10.1. The maximum absolute atomic E-state index is 13.2. The monoisotopic (exact) mass is 763 g/mol. The molecule has 0 spiro atoms. The Labute approximate surface area is 319 Å². The third-order valence-corrected chi connectivity index (χ3v) is 6.63. The molecule has 1 aromatic rings. The van der Waals surface area contributed by atoms with E-state index in [1.54, 1.807) is 107 Å². The average molecular weight is 764 g/mol. The van der Waals surface area contributed by atoms with Crippen molar-refractivity contribution in [3.63, 3.8) is 0 Å². The van der Waals surface area contributed by atoms with E-state index in [9.17, 15) is 33.6 Å². The minimum Gasteiger partial charge on any atom is -0.460 e. The van der Waals surface area contributed by atoms with Crippen LogP contribution in [0.3, 0.4) is 0 Å². The van der Waals surface area contributed by atoms with Gasteiger partial charge in [0, 0.05) is 19.3 Å². The molecule has 0 aliphatic carbocycles. The number of hydrogen-bond donors (Lipinski definition) is 3. The van der Waals surface area contributed by atoms with E-state index in [1.165, 1.54) is 0 Å². The molecule has 1 rings (SSSR count). The molecule has 0 unspecified atom stereocenters. The van der Waals surface area contributed by atoms with Gasteiger partial charge in [0.15, 0.2) is 0 Å². The molecule has 0 aromatic heterocycles. The second-order valence-corrected chi connectivity index (χ2v) is 16.8. The number of rotatable bonds is 17. The van der Waals surface area contributed by atoms with Crippen LogP contribution < -0.4 is 16.0 Å². The number of carbonyl (C=O) groups excluding carboxylic acids is 7. The van der Waals surface area contributed by atoms with Gasteiger partial charge in [0.2, 0.25) is 11.8 Å². The van der Waals surface area contributed by atoms with Crippen LogP contribution >= 0.6 is 0 Å². The number of esters is 4. The highest BCUT2D eigenvalue weighted by Crippen LogP contribution is 2.16. The van der Waals surface area contributed by atoms with Crippen molar-refractivity contribution in [2.75, 3.05) is 0 Å². The SMILES string of the molecule is CC(C)(C)OC(=O)CC[C@H](NC(=O)CC[C@H](NC(=O)CC[C@H](NC(=O)OCc1ccccc1)C(=O)OC(C)(C)C)C(=O)OC(C)(C)C)C(=O)OC(C)(C)C. The fourth-order valence-electron chi connectivity index (χ4n) is 4.51. The van der Waals surface area contributed by atoms with Gasteiger partial charge >= 0.3 is 30.0 Å². The van der Waals surface area contributed by atoms with Gasteiger partial charge in [0.25, 0.3) is 0 Å². The molecule has 15 nitrogen and oxygen atoms in total. The van der Waals surface area contributed by atoms with E-state index in [-0.39, 0.29) is 45.1 Å². The molecule has 0 saturated carbocycles. The molecule has 0 saturated heterocycles. The normalized spacial score (nSPS) is 13.6. The molecule has 3 amide bonds. The van der Waals surface area contributed by atoms with Gasteiger partial charge in [-0.15, -0.1) is 0 Å². The van der Waals surface area contributed by atoms with E-state index < -0.39 is 82.3 Å². The Balaban J connectivity index is 3.05. The summed E-state index contributed by atoms with van der Waals surface area (Å²) < 4.78 is 26.9. The van der Waals surface area contributed by atoms with Crippen molar-refractivity contribution in [3.05, 3.63) is 35.9 Å². The van der Waals surface area contributed by atoms with Crippen LogP contribution in [0, 0.1) is 0 Å². The molecular weight excluding hydrogens is 702 g/mol. The van der Waals surface area contributed by atoms with Crippen molar-refractivity contribution < 1.29 is 57.2 Å². The summed E-state index contributed by atoms with van der Waals surface area (Å²) in [5.74, 6) is -4.26. The van der Waals surface area contributed by atoms with Crippen molar-refractivity contribution in [3.8, 4) is 0 Å². The summed E-state index contributed by atoms with van der Waals surface area (Å²) in [5.41, 5.74) is -2.72. The van der Waals surface area contributed by atoms with Gasteiger partial charge in [-0.1, -0.05) is 30.3 Å². The molecule has 0 aliphatic heterocycles. The number of carbonyl (C=O) groups is 7. The molecular formula is C39H61N3O12. The number of nitrogens with one attached hydrogen (secondary N) is 3. The largest absolute Gasteiger partial charge is 0.460 e. The third-order valence-electron chi connectivity index (χ3n) is 6.63. The van der Waals surface area contributed by atoms with Crippen molar-refractivity contribution in [1.29, 1.82) is 0 Å². The Morgan fingerprint density at radius 3 is 1.22 bits per heavy atom. The summed E-state index contributed by atoms with van der Waals surface area (Å²) in [4.78, 5) is 90.5. The highest BCUT2D eigenvalue weighted by atomic mass is 16.6. The van der Waals surface area contributed by atoms with Gasteiger partial charge in [-0.05, 0) is 108 Å². The Morgan fingerprint density at radius 2 is 0.852 bits per heavy atom. The van der Waals surface area contributed by atoms with Crippen LogP contribution in [0.2, 0.25) is 0 Å². The number of amides is 3. The zero-order valence-electron chi connectivity index (χ0n) is 34.0. The molecule has 54 heavy (non-hydrogen) atoms. The Hall–Kier alpha value is -4.69. The molecule has 0 aliphatic rings. The first-order valence-electron chi connectivity index (χ1n) is 18.1.